The van der Waals surface area contributed by atoms with Crippen LogP contribution in [0.1, 0.15) is 11.1 Å². The van der Waals surface area contributed by atoms with E-state index in [1.165, 1.54) is 16.7 Å². The molecule has 0 aromatic heterocycles. The molecular formula is C27H22NY-. The second kappa shape index (κ2) is 9.83. The predicted octanol–water partition coefficient (Wildman–Crippen LogP) is 7.57. The van der Waals surface area contributed by atoms with E-state index < -0.39 is 0 Å². The Hall–Kier alpha value is -2.48. The third-order valence-corrected chi connectivity index (χ3v) is 4.86. The van der Waals surface area contributed by atoms with Gasteiger partial charge in [0.1, 0.15) is 0 Å². The third kappa shape index (κ3) is 4.93. The Morgan fingerprint density at radius 1 is 0.655 bits per heavy atom. The van der Waals surface area contributed by atoms with Crippen molar-refractivity contribution in [2.75, 3.05) is 4.90 Å². The summed E-state index contributed by atoms with van der Waals surface area (Å²) < 4.78 is 0. The first-order valence-corrected chi connectivity index (χ1v) is 9.40. The smallest absolute Gasteiger partial charge is 0.0438 e. The fourth-order valence-electron chi connectivity index (χ4n) is 3.28. The number of aryl methyl sites for hydroxylation is 1. The number of benzene rings is 4. The average molecular weight is 449 g/mol. The van der Waals surface area contributed by atoms with Crippen LogP contribution in [-0.4, -0.2) is 0 Å². The van der Waals surface area contributed by atoms with Gasteiger partial charge in [-0.3, -0.25) is 0 Å². The van der Waals surface area contributed by atoms with Crippen LogP contribution in [0.3, 0.4) is 0 Å². The van der Waals surface area contributed by atoms with Crippen molar-refractivity contribution in [2.24, 2.45) is 0 Å². The zero-order chi connectivity index (χ0) is 19.3. The van der Waals surface area contributed by atoms with Gasteiger partial charge in [0.25, 0.3) is 0 Å². The minimum absolute atomic E-state index is 0. The maximum Gasteiger partial charge on any atom is 0.0438 e. The van der Waals surface area contributed by atoms with Crippen LogP contribution < -0.4 is 4.90 Å². The summed E-state index contributed by atoms with van der Waals surface area (Å²) in [6, 6.07) is 36.9. The SMILES string of the molecule is C=Cc1ccc(-c2ccc(N(c3cc[c-]cc3)c3ccc(C)cc3)cc2)cc1.[Y]. The number of hydrogen-bond donors (Lipinski definition) is 0. The fourth-order valence-corrected chi connectivity index (χ4v) is 3.28. The van der Waals surface area contributed by atoms with E-state index in [0.717, 1.165) is 22.6 Å². The summed E-state index contributed by atoms with van der Waals surface area (Å²) >= 11 is 0. The maximum absolute atomic E-state index is 3.82. The molecule has 0 aliphatic carbocycles. The number of nitrogens with zero attached hydrogens (tertiary/aromatic N) is 1. The van der Waals surface area contributed by atoms with Crippen LogP contribution in [0.15, 0.2) is 104 Å². The molecule has 0 N–H and O–H groups in total. The predicted molar refractivity (Wildman–Crippen MR) is 120 cm³/mol. The van der Waals surface area contributed by atoms with Gasteiger partial charge in [0, 0.05) is 44.1 Å². The van der Waals surface area contributed by atoms with Gasteiger partial charge in [-0.15, -0.1) is 12.1 Å². The molecule has 0 aliphatic rings. The van der Waals surface area contributed by atoms with Gasteiger partial charge in [-0.05, 0) is 47.9 Å². The standard InChI is InChI=1S/C27H22N.Y/c1-3-22-11-13-23(14-12-22)24-15-19-27(20-16-24)28(25-7-5-4-6-8-25)26-17-9-21(2)10-18-26;/h3,5-20H,1H2,2H3;/q-1;. The Kier molecular flexibility index (Phi) is 7.20. The molecule has 2 heteroatoms. The molecule has 1 nitrogen and oxygen atoms in total. The number of anilines is 3. The normalized spacial score (nSPS) is 10.1. The summed E-state index contributed by atoms with van der Waals surface area (Å²) in [6.07, 6.45) is 1.86. The number of hydrogen-bond acceptors (Lipinski definition) is 1. The maximum atomic E-state index is 3.82. The second-order valence-corrected chi connectivity index (χ2v) is 6.80. The molecule has 0 unspecified atom stereocenters. The first kappa shape index (κ1) is 21.2. The molecule has 0 fully saturated rings. The van der Waals surface area contributed by atoms with Crippen molar-refractivity contribution >= 4 is 23.1 Å². The van der Waals surface area contributed by atoms with Gasteiger partial charge in [-0.25, -0.2) is 0 Å². The number of rotatable bonds is 5. The van der Waals surface area contributed by atoms with Crippen LogP contribution in [0.5, 0.6) is 0 Å². The molecule has 0 heterocycles. The molecule has 139 valence electrons. The third-order valence-electron chi connectivity index (χ3n) is 4.86. The summed E-state index contributed by atoms with van der Waals surface area (Å²) in [5, 5.41) is 0. The minimum atomic E-state index is 0. The van der Waals surface area contributed by atoms with Crippen molar-refractivity contribution in [1.29, 1.82) is 0 Å². The van der Waals surface area contributed by atoms with Crippen LogP contribution in [0.2, 0.25) is 0 Å². The zero-order valence-corrected chi connectivity index (χ0v) is 19.4. The first-order valence-electron chi connectivity index (χ1n) is 9.40. The Morgan fingerprint density at radius 3 is 1.62 bits per heavy atom. The van der Waals surface area contributed by atoms with Gasteiger partial charge in [-0.1, -0.05) is 72.4 Å². The van der Waals surface area contributed by atoms with E-state index in [1.54, 1.807) is 0 Å². The molecule has 1 radical (unpaired) electrons. The largest absolute Gasteiger partial charge is 0.334 e. The summed E-state index contributed by atoms with van der Waals surface area (Å²) in [4.78, 5) is 2.26. The van der Waals surface area contributed by atoms with Crippen molar-refractivity contribution in [2.45, 2.75) is 6.92 Å². The van der Waals surface area contributed by atoms with Gasteiger partial charge < -0.3 is 4.90 Å². The van der Waals surface area contributed by atoms with E-state index in [4.69, 9.17) is 0 Å². The molecule has 4 rings (SSSR count). The molecule has 0 bridgehead atoms. The van der Waals surface area contributed by atoms with Gasteiger partial charge in [0.05, 0.1) is 0 Å². The van der Waals surface area contributed by atoms with Crippen molar-refractivity contribution < 1.29 is 32.7 Å². The molecule has 0 saturated heterocycles. The van der Waals surface area contributed by atoms with Crippen molar-refractivity contribution in [3.63, 3.8) is 0 Å². The van der Waals surface area contributed by atoms with Gasteiger partial charge in [0.2, 0.25) is 0 Å². The van der Waals surface area contributed by atoms with Gasteiger partial charge >= 0.3 is 0 Å². The van der Waals surface area contributed by atoms with Crippen molar-refractivity contribution in [3.05, 3.63) is 121 Å². The molecule has 0 saturated carbocycles. The van der Waals surface area contributed by atoms with Crippen LogP contribution in [-0.2, 0) is 32.7 Å². The van der Waals surface area contributed by atoms with Crippen molar-refractivity contribution in [1.82, 2.24) is 0 Å². The molecule has 4 aromatic carbocycles. The topological polar surface area (TPSA) is 3.24 Å². The minimum Gasteiger partial charge on any atom is -0.334 e. The van der Waals surface area contributed by atoms with E-state index in [1.807, 2.05) is 18.2 Å². The van der Waals surface area contributed by atoms with E-state index in [2.05, 4.69) is 109 Å². The van der Waals surface area contributed by atoms with E-state index in [0.29, 0.717) is 0 Å². The fraction of sp³-hybridized carbons (Fsp3) is 0.0370. The Labute approximate surface area is 198 Å². The zero-order valence-electron chi connectivity index (χ0n) is 16.5. The monoisotopic (exact) mass is 449 g/mol. The molecule has 0 atom stereocenters. The van der Waals surface area contributed by atoms with Crippen LogP contribution in [0.25, 0.3) is 17.2 Å². The van der Waals surface area contributed by atoms with Crippen LogP contribution >= 0.6 is 0 Å². The average Bonchev–Trinajstić information content (AvgIpc) is 2.77. The molecule has 0 spiro atoms. The first-order chi connectivity index (χ1) is 13.7. The molecule has 0 amide bonds. The van der Waals surface area contributed by atoms with E-state index >= 15 is 0 Å². The van der Waals surface area contributed by atoms with Crippen LogP contribution in [0.4, 0.5) is 17.1 Å². The van der Waals surface area contributed by atoms with Crippen LogP contribution in [0, 0.1) is 13.0 Å². The second-order valence-electron chi connectivity index (χ2n) is 6.80. The van der Waals surface area contributed by atoms with Gasteiger partial charge in [-0.2, -0.15) is 18.2 Å². The molecule has 29 heavy (non-hydrogen) atoms. The quantitative estimate of drug-likeness (QED) is 0.284. The Balaban J connectivity index is 0.00000240. The van der Waals surface area contributed by atoms with E-state index in [9.17, 15) is 0 Å². The molecule has 4 aromatic rings. The summed E-state index contributed by atoms with van der Waals surface area (Å²) in [5.41, 5.74) is 8.17. The summed E-state index contributed by atoms with van der Waals surface area (Å²) in [6.45, 7) is 5.93. The molecular weight excluding hydrogens is 427 g/mol. The van der Waals surface area contributed by atoms with Crippen molar-refractivity contribution in [3.8, 4) is 11.1 Å². The Bertz CT molecular complexity index is 1050. The van der Waals surface area contributed by atoms with Gasteiger partial charge in [0.15, 0.2) is 0 Å². The summed E-state index contributed by atoms with van der Waals surface area (Å²) in [5.74, 6) is 0. The molecule has 0 aliphatic heterocycles. The van der Waals surface area contributed by atoms with E-state index in [-0.39, 0.29) is 32.7 Å². The Morgan fingerprint density at radius 2 is 1.10 bits per heavy atom. The summed E-state index contributed by atoms with van der Waals surface area (Å²) in [7, 11) is 0.